The van der Waals surface area contributed by atoms with E-state index in [4.69, 9.17) is 16.3 Å². The minimum Gasteiger partial charge on any atom is -0.487 e. The van der Waals surface area contributed by atoms with Gasteiger partial charge in [0.25, 0.3) is 5.91 Å². The van der Waals surface area contributed by atoms with Crippen molar-refractivity contribution in [3.8, 4) is 5.75 Å². The number of hydrogen-bond donors (Lipinski definition) is 1. The SMILES string of the molecule is CC(=O)N1CCC(n2ncc(Cl)c2C(=O)Nc2ncc(OCc3ccccc3)cc2C)CC1. The highest BCUT2D eigenvalue weighted by Gasteiger charge is 2.28. The molecule has 1 aliphatic heterocycles. The van der Waals surface area contributed by atoms with Crippen molar-refractivity contribution in [2.24, 2.45) is 0 Å². The van der Waals surface area contributed by atoms with E-state index in [1.54, 1.807) is 22.7 Å². The fraction of sp³-hybridized carbons (Fsp3) is 0.333. The number of piperidine rings is 1. The smallest absolute Gasteiger partial charge is 0.276 e. The molecule has 8 nitrogen and oxygen atoms in total. The summed E-state index contributed by atoms with van der Waals surface area (Å²) in [6.07, 6.45) is 4.49. The molecule has 0 aliphatic carbocycles. The summed E-state index contributed by atoms with van der Waals surface area (Å²) < 4.78 is 7.48. The molecule has 2 aromatic heterocycles. The number of carbonyl (C=O) groups excluding carboxylic acids is 2. The van der Waals surface area contributed by atoms with E-state index in [0.29, 0.717) is 49.8 Å². The first kappa shape index (κ1) is 22.8. The molecule has 4 rings (SSSR count). The topological polar surface area (TPSA) is 89.4 Å². The highest BCUT2D eigenvalue weighted by Crippen LogP contribution is 2.28. The van der Waals surface area contributed by atoms with Gasteiger partial charge in [0.2, 0.25) is 5.91 Å². The number of aryl methyl sites for hydroxylation is 1. The molecule has 0 unspecified atom stereocenters. The monoisotopic (exact) mass is 467 g/mol. The Bertz CT molecular complexity index is 1140. The Kier molecular flexibility index (Phi) is 6.93. The van der Waals surface area contributed by atoms with Gasteiger partial charge in [0, 0.05) is 20.0 Å². The zero-order valence-corrected chi connectivity index (χ0v) is 19.4. The van der Waals surface area contributed by atoms with E-state index in [1.807, 2.05) is 43.3 Å². The third-order valence-corrected chi connectivity index (χ3v) is 6.03. The van der Waals surface area contributed by atoms with E-state index >= 15 is 0 Å². The molecule has 0 saturated carbocycles. The summed E-state index contributed by atoms with van der Waals surface area (Å²) >= 11 is 6.32. The first-order valence-corrected chi connectivity index (χ1v) is 11.2. The van der Waals surface area contributed by atoms with Gasteiger partial charge in [-0.05, 0) is 37.0 Å². The van der Waals surface area contributed by atoms with E-state index in [1.165, 1.54) is 6.20 Å². The van der Waals surface area contributed by atoms with Crippen LogP contribution < -0.4 is 10.1 Å². The van der Waals surface area contributed by atoms with E-state index in [9.17, 15) is 9.59 Å². The fourth-order valence-corrected chi connectivity index (χ4v) is 4.14. The Hall–Kier alpha value is -3.39. The van der Waals surface area contributed by atoms with Crippen molar-refractivity contribution in [2.45, 2.75) is 39.3 Å². The van der Waals surface area contributed by atoms with Crippen LogP contribution in [0.1, 0.15) is 47.4 Å². The van der Waals surface area contributed by atoms with E-state index in [2.05, 4.69) is 15.4 Å². The van der Waals surface area contributed by atoms with Gasteiger partial charge >= 0.3 is 0 Å². The van der Waals surface area contributed by atoms with Crippen LogP contribution in [0.3, 0.4) is 0 Å². The molecule has 1 saturated heterocycles. The Balaban J connectivity index is 1.43. The Morgan fingerprint density at radius 3 is 2.58 bits per heavy atom. The quantitative estimate of drug-likeness (QED) is 0.585. The summed E-state index contributed by atoms with van der Waals surface area (Å²) in [5.41, 5.74) is 2.12. The van der Waals surface area contributed by atoms with Gasteiger partial charge in [0.15, 0.2) is 0 Å². The highest BCUT2D eigenvalue weighted by molar-refractivity contribution is 6.34. The van der Waals surface area contributed by atoms with Crippen molar-refractivity contribution >= 4 is 29.2 Å². The number of anilines is 1. The zero-order valence-electron chi connectivity index (χ0n) is 18.6. The first-order chi connectivity index (χ1) is 15.9. The maximum absolute atomic E-state index is 13.1. The number of pyridine rings is 1. The van der Waals surface area contributed by atoms with Crippen molar-refractivity contribution in [3.63, 3.8) is 0 Å². The molecule has 9 heteroatoms. The number of benzene rings is 1. The van der Waals surface area contributed by atoms with Crippen LogP contribution in [0.25, 0.3) is 0 Å². The lowest BCUT2D eigenvalue weighted by Gasteiger charge is -2.32. The fourth-order valence-electron chi connectivity index (χ4n) is 3.92. The average Bonchev–Trinajstić information content (AvgIpc) is 3.21. The largest absolute Gasteiger partial charge is 0.487 e. The molecule has 0 bridgehead atoms. The lowest BCUT2D eigenvalue weighted by Crippen LogP contribution is -2.38. The van der Waals surface area contributed by atoms with Crippen LogP contribution in [0.15, 0.2) is 48.8 Å². The van der Waals surface area contributed by atoms with Crippen LogP contribution in [0.4, 0.5) is 5.82 Å². The highest BCUT2D eigenvalue weighted by atomic mass is 35.5. The molecule has 3 heterocycles. The minimum absolute atomic E-state index is 0.00308. The third kappa shape index (κ3) is 5.34. The number of nitrogens with one attached hydrogen (secondary N) is 1. The third-order valence-electron chi connectivity index (χ3n) is 5.75. The molecular formula is C24H26ClN5O3. The summed E-state index contributed by atoms with van der Waals surface area (Å²) in [6.45, 7) is 5.11. The molecule has 3 aromatic rings. The Morgan fingerprint density at radius 1 is 1.18 bits per heavy atom. The number of halogens is 1. The standard InChI is InChI=1S/C24H26ClN5O3/c1-16-12-20(33-15-18-6-4-3-5-7-18)13-26-23(16)28-24(32)22-21(25)14-27-30(22)19-8-10-29(11-9-19)17(2)31/h3-7,12-14,19H,8-11,15H2,1-2H3,(H,26,28,32). The minimum atomic E-state index is -0.375. The molecule has 1 aliphatic rings. The van der Waals surface area contributed by atoms with Gasteiger partial charge in [0.05, 0.1) is 23.5 Å². The van der Waals surface area contributed by atoms with Crippen LogP contribution in [0, 0.1) is 6.92 Å². The van der Waals surface area contributed by atoms with Gasteiger partial charge < -0.3 is 15.0 Å². The van der Waals surface area contributed by atoms with E-state index < -0.39 is 0 Å². The lowest BCUT2D eigenvalue weighted by atomic mass is 10.0. The number of ether oxygens (including phenoxy) is 1. The number of likely N-dealkylation sites (tertiary alicyclic amines) is 1. The van der Waals surface area contributed by atoms with Crippen LogP contribution in [-0.4, -0.2) is 44.6 Å². The zero-order chi connectivity index (χ0) is 23.4. The van der Waals surface area contributed by atoms with Crippen LogP contribution in [-0.2, 0) is 11.4 Å². The summed E-state index contributed by atoms with van der Waals surface area (Å²) in [5, 5.41) is 7.47. The Labute approximate surface area is 197 Å². The Morgan fingerprint density at radius 2 is 1.91 bits per heavy atom. The van der Waals surface area contributed by atoms with Crippen molar-refractivity contribution in [2.75, 3.05) is 18.4 Å². The maximum Gasteiger partial charge on any atom is 0.276 e. The van der Waals surface area contributed by atoms with Gasteiger partial charge in [-0.2, -0.15) is 5.10 Å². The molecule has 0 atom stereocenters. The molecule has 0 spiro atoms. The normalized spacial score (nSPS) is 14.2. The summed E-state index contributed by atoms with van der Waals surface area (Å²) in [5.74, 6) is 0.736. The molecule has 0 radical (unpaired) electrons. The maximum atomic E-state index is 13.1. The number of hydrogen-bond acceptors (Lipinski definition) is 5. The van der Waals surface area contributed by atoms with Crippen molar-refractivity contribution in [1.29, 1.82) is 0 Å². The lowest BCUT2D eigenvalue weighted by molar-refractivity contribution is -0.130. The van der Waals surface area contributed by atoms with Gasteiger partial charge in [-0.25, -0.2) is 4.98 Å². The molecular weight excluding hydrogens is 442 g/mol. The molecule has 1 fully saturated rings. The van der Waals surface area contributed by atoms with E-state index in [-0.39, 0.29) is 22.9 Å². The molecule has 33 heavy (non-hydrogen) atoms. The second-order valence-corrected chi connectivity index (χ2v) is 8.50. The second-order valence-electron chi connectivity index (χ2n) is 8.09. The van der Waals surface area contributed by atoms with Crippen LogP contribution >= 0.6 is 11.6 Å². The number of nitrogens with zero attached hydrogens (tertiary/aromatic N) is 4. The van der Waals surface area contributed by atoms with E-state index in [0.717, 1.165) is 11.1 Å². The van der Waals surface area contributed by atoms with Gasteiger partial charge in [-0.1, -0.05) is 41.9 Å². The van der Waals surface area contributed by atoms with Crippen molar-refractivity contribution in [1.82, 2.24) is 19.7 Å². The summed E-state index contributed by atoms with van der Waals surface area (Å²) in [4.78, 5) is 30.9. The first-order valence-electron chi connectivity index (χ1n) is 10.9. The number of rotatable bonds is 6. The van der Waals surface area contributed by atoms with Gasteiger partial charge in [0.1, 0.15) is 23.9 Å². The molecule has 1 N–H and O–H groups in total. The van der Waals surface area contributed by atoms with Crippen LogP contribution in [0.2, 0.25) is 5.02 Å². The van der Waals surface area contributed by atoms with Crippen molar-refractivity contribution in [3.05, 3.63) is 70.6 Å². The predicted octanol–water partition coefficient (Wildman–Crippen LogP) is 4.25. The summed E-state index contributed by atoms with van der Waals surface area (Å²) in [7, 11) is 0. The average molecular weight is 468 g/mol. The van der Waals surface area contributed by atoms with Gasteiger partial charge in [-0.3, -0.25) is 14.3 Å². The van der Waals surface area contributed by atoms with Gasteiger partial charge in [-0.15, -0.1) is 0 Å². The molecule has 1 aromatic carbocycles. The second kappa shape index (κ2) is 10.0. The van der Waals surface area contributed by atoms with Crippen molar-refractivity contribution < 1.29 is 14.3 Å². The number of aromatic nitrogens is 3. The molecule has 172 valence electrons. The number of carbonyl (C=O) groups is 2. The number of amides is 2. The summed E-state index contributed by atoms with van der Waals surface area (Å²) in [6, 6.07) is 11.7. The molecule has 2 amide bonds. The predicted molar refractivity (Wildman–Crippen MR) is 125 cm³/mol. The van der Waals surface area contributed by atoms with Crippen LogP contribution in [0.5, 0.6) is 5.75 Å².